The lowest BCUT2D eigenvalue weighted by molar-refractivity contribution is 1.47. The monoisotopic (exact) mass is 296 g/mol. The lowest BCUT2D eigenvalue weighted by Crippen LogP contribution is -1.91. The van der Waals surface area contributed by atoms with Crippen molar-refractivity contribution >= 4 is 46.2 Å². The van der Waals surface area contributed by atoms with E-state index in [2.05, 4.69) is 5.32 Å². The molecule has 90 valence electrons. The molecular weight excluding hydrogens is 291 g/mol. The number of nitrogens with one attached hydrogen (secondary N) is 1. The molecule has 0 saturated heterocycles. The molecular formula is C13H7Cl3N2. The second-order valence-electron chi connectivity index (χ2n) is 3.59. The van der Waals surface area contributed by atoms with Crippen molar-refractivity contribution in [3.63, 3.8) is 0 Å². The summed E-state index contributed by atoms with van der Waals surface area (Å²) in [5.41, 5.74) is 1.93. The van der Waals surface area contributed by atoms with Gasteiger partial charge in [0.1, 0.15) is 0 Å². The minimum Gasteiger partial charge on any atom is -0.354 e. The van der Waals surface area contributed by atoms with Crippen molar-refractivity contribution in [2.75, 3.05) is 5.32 Å². The molecule has 0 bridgehead atoms. The first-order chi connectivity index (χ1) is 8.58. The maximum atomic E-state index is 8.75. The van der Waals surface area contributed by atoms with E-state index in [9.17, 15) is 0 Å². The number of nitrogens with zero attached hydrogens (tertiary/aromatic N) is 1. The SMILES string of the molecule is N#Cc1ccc(Nc2cc(Cl)cc(Cl)c2)c(Cl)c1. The van der Waals surface area contributed by atoms with Gasteiger partial charge in [-0.25, -0.2) is 0 Å². The molecule has 2 rings (SSSR count). The van der Waals surface area contributed by atoms with E-state index in [1.807, 2.05) is 6.07 Å². The van der Waals surface area contributed by atoms with Crippen molar-refractivity contribution in [1.29, 1.82) is 5.26 Å². The van der Waals surface area contributed by atoms with Gasteiger partial charge in [0, 0.05) is 15.7 Å². The third kappa shape index (κ3) is 3.08. The van der Waals surface area contributed by atoms with Gasteiger partial charge in [0.25, 0.3) is 0 Å². The van der Waals surface area contributed by atoms with E-state index in [1.165, 1.54) is 0 Å². The lowest BCUT2D eigenvalue weighted by Gasteiger charge is -2.09. The van der Waals surface area contributed by atoms with Gasteiger partial charge < -0.3 is 5.32 Å². The van der Waals surface area contributed by atoms with E-state index in [0.717, 1.165) is 5.69 Å². The minimum atomic E-state index is 0.463. The Balaban J connectivity index is 2.31. The smallest absolute Gasteiger partial charge is 0.0992 e. The van der Waals surface area contributed by atoms with E-state index >= 15 is 0 Å². The number of benzene rings is 2. The first-order valence-corrected chi connectivity index (χ1v) is 6.14. The molecule has 0 fully saturated rings. The summed E-state index contributed by atoms with van der Waals surface area (Å²) in [6.07, 6.45) is 0. The second-order valence-corrected chi connectivity index (χ2v) is 4.87. The van der Waals surface area contributed by atoms with Crippen LogP contribution in [0, 0.1) is 11.3 Å². The summed E-state index contributed by atoms with van der Waals surface area (Å²) in [6.45, 7) is 0. The van der Waals surface area contributed by atoms with Crippen LogP contribution in [0.2, 0.25) is 15.1 Å². The van der Waals surface area contributed by atoms with Crippen molar-refractivity contribution in [1.82, 2.24) is 0 Å². The van der Waals surface area contributed by atoms with Crippen molar-refractivity contribution in [3.05, 3.63) is 57.0 Å². The summed E-state index contributed by atoms with van der Waals surface area (Å²) in [6, 6.07) is 12.2. The van der Waals surface area contributed by atoms with Crippen molar-refractivity contribution in [3.8, 4) is 6.07 Å². The molecule has 1 N–H and O–H groups in total. The van der Waals surface area contributed by atoms with Crippen LogP contribution in [0.5, 0.6) is 0 Å². The third-order valence-electron chi connectivity index (χ3n) is 2.24. The van der Waals surface area contributed by atoms with Gasteiger partial charge >= 0.3 is 0 Å². The summed E-state index contributed by atoms with van der Waals surface area (Å²) in [7, 11) is 0. The average molecular weight is 298 g/mol. The second kappa shape index (κ2) is 5.49. The molecule has 0 radical (unpaired) electrons. The van der Waals surface area contributed by atoms with Crippen LogP contribution in [0.25, 0.3) is 0 Å². The largest absolute Gasteiger partial charge is 0.354 e. The Hall–Kier alpha value is -1.40. The summed E-state index contributed by atoms with van der Waals surface area (Å²) < 4.78 is 0. The van der Waals surface area contributed by atoms with Crippen LogP contribution in [-0.4, -0.2) is 0 Å². The predicted octanol–water partition coefficient (Wildman–Crippen LogP) is 5.26. The Bertz CT molecular complexity index is 612. The zero-order valence-corrected chi connectivity index (χ0v) is 11.3. The molecule has 0 aliphatic carbocycles. The highest BCUT2D eigenvalue weighted by atomic mass is 35.5. The van der Waals surface area contributed by atoms with E-state index < -0.39 is 0 Å². The first kappa shape index (κ1) is 13.0. The molecule has 0 aliphatic heterocycles. The molecule has 0 saturated carbocycles. The van der Waals surface area contributed by atoms with Crippen LogP contribution in [0.4, 0.5) is 11.4 Å². The van der Waals surface area contributed by atoms with Gasteiger partial charge in [0.15, 0.2) is 0 Å². The summed E-state index contributed by atoms with van der Waals surface area (Å²) in [5.74, 6) is 0. The molecule has 0 atom stereocenters. The Kier molecular flexibility index (Phi) is 3.98. The lowest BCUT2D eigenvalue weighted by atomic mass is 10.2. The molecule has 2 nitrogen and oxygen atoms in total. The number of nitriles is 1. The predicted molar refractivity (Wildman–Crippen MR) is 75.9 cm³/mol. The summed E-state index contributed by atoms with van der Waals surface area (Å²) in [5, 5.41) is 13.4. The normalized spacial score (nSPS) is 9.89. The topological polar surface area (TPSA) is 35.8 Å². The zero-order chi connectivity index (χ0) is 13.1. The van der Waals surface area contributed by atoms with Gasteiger partial charge in [-0.1, -0.05) is 34.8 Å². The Morgan fingerprint density at radius 3 is 2.17 bits per heavy atom. The summed E-state index contributed by atoms with van der Waals surface area (Å²) >= 11 is 17.9. The van der Waals surface area contributed by atoms with Crippen LogP contribution in [0.3, 0.4) is 0 Å². The van der Waals surface area contributed by atoms with Gasteiger partial charge in [-0.15, -0.1) is 0 Å². The molecule has 0 amide bonds. The van der Waals surface area contributed by atoms with E-state index in [1.54, 1.807) is 36.4 Å². The quantitative estimate of drug-likeness (QED) is 0.820. The number of hydrogen-bond donors (Lipinski definition) is 1. The van der Waals surface area contributed by atoms with Crippen molar-refractivity contribution < 1.29 is 0 Å². The first-order valence-electron chi connectivity index (χ1n) is 5.01. The summed E-state index contributed by atoms with van der Waals surface area (Å²) in [4.78, 5) is 0. The van der Waals surface area contributed by atoms with Gasteiger partial charge in [0.05, 0.1) is 22.3 Å². The fourth-order valence-electron chi connectivity index (χ4n) is 1.47. The maximum absolute atomic E-state index is 8.75. The Morgan fingerprint density at radius 2 is 1.61 bits per heavy atom. The van der Waals surface area contributed by atoms with Crippen molar-refractivity contribution in [2.24, 2.45) is 0 Å². The highest BCUT2D eigenvalue weighted by molar-refractivity contribution is 6.35. The maximum Gasteiger partial charge on any atom is 0.0992 e. The van der Waals surface area contributed by atoms with Crippen molar-refractivity contribution in [2.45, 2.75) is 0 Å². The van der Waals surface area contributed by atoms with E-state index in [0.29, 0.717) is 26.3 Å². The molecule has 2 aromatic carbocycles. The van der Waals surface area contributed by atoms with Gasteiger partial charge in [-0.05, 0) is 36.4 Å². The van der Waals surface area contributed by atoms with Gasteiger partial charge in [0.2, 0.25) is 0 Å². The molecule has 0 aliphatic rings. The van der Waals surface area contributed by atoms with E-state index in [-0.39, 0.29) is 0 Å². The third-order valence-corrected chi connectivity index (χ3v) is 2.99. The van der Waals surface area contributed by atoms with Crippen LogP contribution < -0.4 is 5.32 Å². The fraction of sp³-hybridized carbons (Fsp3) is 0. The molecule has 0 spiro atoms. The van der Waals surface area contributed by atoms with Crippen LogP contribution in [0.1, 0.15) is 5.56 Å². The molecule has 0 aromatic heterocycles. The number of hydrogen-bond acceptors (Lipinski definition) is 2. The highest BCUT2D eigenvalue weighted by Crippen LogP contribution is 2.29. The van der Waals surface area contributed by atoms with Gasteiger partial charge in [-0.3, -0.25) is 0 Å². The standard InChI is InChI=1S/C13H7Cl3N2/c14-9-4-10(15)6-11(5-9)18-13-2-1-8(7-17)3-12(13)16/h1-6,18H. The number of anilines is 2. The fourth-order valence-corrected chi connectivity index (χ4v) is 2.22. The van der Waals surface area contributed by atoms with Crippen LogP contribution in [-0.2, 0) is 0 Å². The average Bonchev–Trinajstić information content (AvgIpc) is 2.30. The Labute approximate surface area is 120 Å². The van der Waals surface area contributed by atoms with E-state index in [4.69, 9.17) is 40.1 Å². The molecule has 0 unspecified atom stereocenters. The Morgan fingerprint density at radius 1 is 0.944 bits per heavy atom. The zero-order valence-electron chi connectivity index (χ0n) is 9.05. The highest BCUT2D eigenvalue weighted by Gasteiger charge is 2.04. The number of rotatable bonds is 2. The molecule has 0 heterocycles. The number of halogens is 3. The van der Waals surface area contributed by atoms with Crippen LogP contribution in [0.15, 0.2) is 36.4 Å². The molecule has 2 aromatic rings. The van der Waals surface area contributed by atoms with Crippen LogP contribution >= 0.6 is 34.8 Å². The van der Waals surface area contributed by atoms with Gasteiger partial charge in [-0.2, -0.15) is 5.26 Å². The minimum absolute atomic E-state index is 0.463. The molecule has 18 heavy (non-hydrogen) atoms. The molecule has 5 heteroatoms.